The van der Waals surface area contributed by atoms with Crippen LogP contribution in [0.3, 0.4) is 0 Å². The third kappa shape index (κ3) is 8.09. The number of hydrogen-bond donors (Lipinski definition) is 0. The molecule has 2 heterocycles. The molecule has 0 aliphatic rings. The Balaban J connectivity index is 1.30. The van der Waals surface area contributed by atoms with Gasteiger partial charge in [-0.2, -0.15) is 0 Å². The summed E-state index contributed by atoms with van der Waals surface area (Å²) in [5.74, 6) is 1.65. The fraction of sp³-hybridized carbons (Fsp3) is 0. The Hall–Kier alpha value is -9.97. The van der Waals surface area contributed by atoms with Crippen LogP contribution < -0.4 is 4.90 Å². The van der Waals surface area contributed by atoms with Crippen LogP contribution in [0.25, 0.3) is 112 Å². The average Bonchev–Trinajstić information content (AvgIpc) is 3.88. The van der Waals surface area contributed by atoms with Crippen molar-refractivity contribution in [3.8, 4) is 89.8 Å². The van der Waals surface area contributed by atoms with Gasteiger partial charge in [0.25, 0.3) is 0 Å². The number of aromatic nitrogens is 3. The van der Waals surface area contributed by atoms with Crippen molar-refractivity contribution in [2.45, 2.75) is 0 Å². The van der Waals surface area contributed by atoms with E-state index < -0.39 is 0 Å². The molecule has 0 bridgehead atoms. The zero-order valence-electron chi connectivity index (χ0n) is 40.3. The highest BCUT2D eigenvalue weighted by Gasteiger charge is 2.35. The maximum absolute atomic E-state index is 6.75. The second kappa shape index (κ2) is 19.3. The predicted molar refractivity (Wildman–Crippen MR) is 305 cm³/mol. The van der Waals surface area contributed by atoms with Crippen LogP contribution in [-0.4, -0.2) is 15.0 Å². The zero-order valence-corrected chi connectivity index (χ0v) is 40.3. The molecule has 0 atom stereocenters. The Kier molecular flexibility index (Phi) is 11.5. The first-order valence-electron chi connectivity index (χ1n) is 24.9. The smallest absolute Gasteiger partial charge is 0.166 e. The molecule has 13 aromatic rings. The summed E-state index contributed by atoms with van der Waals surface area (Å²) in [6.45, 7) is 0. The van der Waals surface area contributed by atoms with E-state index in [2.05, 4.69) is 241 Å². The van der Waals surface area contributed by atoms with Gasteiger partial charge >= 0.3 is 0 Å². The minimum absolute atomic E-state index is 0.524. The monoisotopic (exact) mass is 946 g/mol. The van der Waals surface area contributed by atoms with Crippen LogP contribution in [-0.2, 0) is 0 Å². The van der Waals surface area contributed by atoms with Gasteiger partial charge in [0.2, 0.25) is 0 Å². The van der Waals surface area contributed by atoms with Gasteiger partial charge in [-0.25, -0.2) is 15.0 Å². The lowest BCUT2D eigenvalue weighted by molar-refractivity contribution is 0.669. The molecule has 0 aliphatic heterocycles. The van der Waals surface area contributed by atoms with Crippen molar-refractivity contribution in [3.63, 3.8) is 0 Å². The Labute approximate surface area is 430 Å². The molecular weight excluding hydrogens is 901 g/mol. The molecule has 0 N–H and O–H groups in total. The minimum Gasteiger partial charge on any atom is -0.456 e. The van der Waals surface area contributed by atoms with Crippen LogP contribution in [0.4, 0.5) is 17.1 Å². The molecule has 2 aromatic heterocycles. The Morgan fingerprint density at radius 1 is 0.257 bits per heavy atom. The van der Waals surface area contributed by atoms with Gasteiger partial charge in [-0.1, -0.05) is 249 Å². The quantitative estimate of drug-likeness (QED) is 0.129. The van der Waals surface area contributed by atoms with Gasteiger partial charge in [0.15, 0.2) is 17.5 Å². The number of fused-ring (bicyclic) bond motifs is 3. The van der Waals surface area contributed by atoms with Gasteiger partial charge in [0, 0.05) is 38.9 Å². The maximum Gasteiger partial charge on any atom is 0.166 e. The van der Waals surface area contributed by atoms with Crippen molar-refractivity contribution in [1.29, 1.82) is 0 Å². The normalized spacial score (nSPS) is 11.2. The summed E-state index contributed by atoms with van der Waals surface area (Å²) in [5.41, 5.74) is 17.4. The van der Waals surface area contributed by atoms with E-state index in [4.69, 9.17) is 19.4 Å². The topological polar surface area (TPSA) is 55.1 Å². The van der Waals surface area contributed by atoms with Crippen molar-refractivity contribution in [1.82, 2.24) is 15.0 Å². The summed E-state index contributed by atoms with van der Waals surface area (Å²) < 4.78 is 6.75. The molecule has 0 radical (unpaired) electrons. The molecule has 11 aromatic carbocycles. The second-order valence-corrected chi connectivity index (χ2v) is 18.2. The fourth-order valence-corrected chi connectivity index (χ4v) is 10.4. The number of nitrogens with zero attached hydrogens (tertiary/aromatic N) is 4. The van der Waals surface area contributed by atoms with Crippen LogP contribution in [0.1, 0.15) is 0 Å². The van der Waals surface area contributed by atoms with Crippen LogP contribution >= 0.6 is 0 Å². The van der Waals surface area contributed by atoms with Crippen molar-refractivity contribution >= 4 is 39.0 Å². The summed E-state index contributed by atoms with van der Waals surface area (Å²) in [5, 5.41) is 2.00. The van der Waals surface area contributed by atoms with E-state index in [0.29, 0.717) is 17.5 Å². The number of anilines is 3. The van der Waals surface area contributed by atoms with E-state index in [-0.39, 0.29) is 0 Å². The summed E-state index contributed by atoms with van der Waals surface area (Å²) >= 11 is 0. The fourth-order valence-electron chi connectivity index (χ4n) is 10.4. The van der Waals surface area contributed by atoms with Crippen molar-refractivity contribution in [3.05, 3.63) is 279 Å². The first-order valence-corrected chi connectivity index (χ1v) is 24.9. The second-order valence-electron chi connectivity index (χ2n) is 18.2. The standard InChI is InChI=1S/C69H46N4O/c1-8-25-47(26-9-1)48-43-45-55(46-44-48)73(57-40-24-42-59-64(57)56-39-22-23-41-58(56)74-59)66-63(52-33-16-5-17-34-52)61(50-29-12-3-13-30-50)60(49-27-10-2-11-28-49)62(51-31-14-4-15-32-51)65(66)69-71-67(53-35-18-6-19-36-53)70-68(72-69)54-37-20-7-21-38-54/h1-46H. The van der Waals surface area contributed by atoms with Gasteiger partial charge in [-0.15, -0.1) is 0 Å². The van der Waals surface area contributed by atoms with Crippen LogP contribution in [0, 0.1) is 0 Å². The van der Waals surface area contributed by atoms with Crippen LogP contribution in [0.15, 0.2) is 283 Å². The number of furan rings is 1. The lowest BCUT2D eigenvalue weighted by atomic mass is 9.78. The van der Waals surface area contributed by atoms with Crippen molar-refractivity contribution < 1.29 is 4.42 Å². The lowest BCUT2D eigenvalue weighted by Gasteiger charge is -2.35. The first-order chi connectivity index (χ1) is 36.7. The van der Waals surface area contributed by atoms with Crippen LogP contribution in [0.2, 0.25) is 0 Å². The molecule has 0 amide bonds. The zero-order chi connectivity index (χ0) is 49.2. The van der Waals surface area contributed by atoms with E-state index in [9.17, 15) is 0 Å². The Morgan fingerprint density at radius 2 is 0.622 bits per heavy atom. The highest BCUT2D eigenvalue weighted by Crippen LogP contribution is 2.59. The van der Waals surface area contributed by atoms with E-state index in [1.54, 1.807) is 0 Å². The molecule has 74 heavy (non-hydrogen) atoms. The Morgan fingerprint density at radius 3 is 1.12 bits per heavy atom. The van der Waals surface area contributed by atoms with Gasteiger partial charge in [-0.05, 0) is 69.3 Å². The molecule has 5 heteroatoms. The number of para-hydroxylation sites is 1. The van der Waals surface area contributed by atoms with E-state index >= 15 is 0 Å². The van der Waals surface area contributed by atoms with E-state index in [0.717, 1.165) is 111 Å². The highest BCUT2D eigenvalue weighted by molar-refractivity contribution is 6.19. The third-order valence-electron chi connectivity index (χ3n) is 13.7. The summed E-state index contributed by atoms with van der Waals surface area (Å²) in [6, 6.07) is 97.9. The Bertz CT molecular complexity index is 4020. The van der Waals surface area contributed by atoms with Crippen molar-refractivity contribution in [2.75, 3.05) is 4.90 Å². The maximum atomic E-state index is 6.75. The van der Waals surface area contributed by atoms with Crippen molar-refractivity contribution in [2.24, 2.45) is 0 Å². The summed E-state index contributed by atoms with van der Waals surface area (Å²) in [4.78, 5) is 19.1. The largest absolute Gasteiger partial charge is 0.456 e. The number of rotatable bonds is 11. The molecule has 0 fully saturated rings. The molecule has 0 saturated heterocycles. The van der Waals surface area contributed by atoms with Gasteiger partial charge in [0.05, 0.1) is 22.3 Å². The van der Waals surface area contributed by atoms with E-state index in [1.165, 1.54) is 0 Å². The molecule has 0 aliphatic carbocycles. The first kappa shape index (κ1) is 44.0. The third-order valence-corrected chi connectivity index (χ3v) is 13.7. The lowest BCUT2D eigenvalue weighted by Crippen LogP contribution is -2.16. The highest BCUT2D eigenvalue weighted by atomic mass is 16.3. The van der Waals surface area contributed by atoms with Gasteiger partial charge in [-0.3, -0.25) is 0 Å². The molecule has 0 unspecified atom stereocenters. The molecule has 13 rings (SSSR count). The SMILES string of the molecule is c1ccc(-c2ccc(N(c3c(-c4ccccc4)c(-c4ccccc4)c(-c4ccccc4)c(-c4ccccc4)c3-c3nc(-c4ccccc4)nc(-c4ccccc4)n3)c3cccc4oc5ccccc5c34)cc2)cc1. The predicted octanol–water partition coefficient (Wildman–Crippen LogP) is 18.6. The molecule has 0 spiro atoms. The molecule has 0 saturated carbocycles. The summed E-state index contributed by atoms with van der Waals surface area (Å²) in [6.07, 6.45) is 0. The summed E-state index contributed by atoms with van der Waals surface area (Å²) in [7, 11) is 0. The number of hydrogen-bond acceptors (Lipinski definition) is 5. The minimum atomic E-state index is 0.524. The van der Waals surface area contributed by atoms with Crippen LogP contribution in [0.5, 0.6) is 0 Å². The average molecular weight is 947 g/mol. The molecular formula is C69H46N4O. The van der Waals surface area contributed by atoms with E-state index in [1.807, 2.05) is 42.5 Å². The van der Waals surface area contributed by atoms with Gasteiger partial charge < -0.3 is 9.32 Å². The molecule has 5 nitrogen and oxygen atoms in total. The number of benzene rings is 11. The van der Waals surface area contributed by atoms with Gasteiger partial charge in [0.1, 0.15) is 11.2 Å². The molecule has 348 valence electrons.